The van der Waals surface area contributed by atoms with E-state index in [1.54, 1.807) is 24.5 Å². The van der Waals surface area contributed by atoms with Crippen LogP contribution in [0.4, 0.5) is 0 Å². The highest BCUT2D eigenvalue weighted by Gasteiger charge is 2.30. The van der Waals surface area contributed by atoms with Crippen molar-refractivity contribution in [3.63, 3.8) is 0 Å². The van der Waals surface area contributed by atoms with Crippen LogP contribution >= 0.6 is 27.3 Å². The second-order valence-electron chi connectivity index (χ2n) is 6.39. The lowest BCUT2D eigenvalue weighted by Gasteiger charge is -2.31. The van der Waals surface area contributed by atoms with Crippen molar-refractivity contribution >= 4 is 33.2 Å². The number of ether oxygens (including phenoxy) is 1. The van der Waals surface area contributed by atoms with Gasteiger partial charge in [-0.05, 0) is 58.4 Å². The van der Waals surface area contributed by atoms with Crippen LogP contribution < -0.4 is 4.74 Å². The Kier molecular flexibility index (Phi) is 5.27. The molecule has 1 aliphatic rings. The first kappa shape index (κ1) is 18.2. The summed E-state index contributed by atoms with van der Waals surface area (Å²) in [7, 11) is 1.59. The van der Waals surface area contributed by atoms with Gasteiger partial charge in [0.2, 0.25) is 11.8 Å². The third-order valence-electron chi connectivity index (χ3n) is 4.67. The van der Waals surface area contributed by atoms with Crippen molar-refractivity contribution < 1.29 is 13.9 Å². The number of aromatic nitrogens is 2. The molecule has 1 aromatic carbocycles. The summed E-state index contributed by atoms with van der Waals surface area (Å²) in [5.74, 6) is 1.81. The zero-order chi connectivity index (χ0) is 18.8. The van der Waals surface area contributed by atoms with Crippen LogP contribution in [0.1, 0.15) is 35.0 Å². The van der Waals surface area contributed by atoms with Gasteiger partial charge in [0.05, 0.1) is 18.6 Å². The predicted molar refractivity (Wildman–Crippen MR) is 106 cm³/mol. The Balaban J connectivity index is 1.52. The van der Waals surface area contributed by atoms with Crippen LogP contribution in [-0.4, -0.2) is 41.2 Å². The van der Waals surface area contributed by atoms with Crippen LogP contribution in [0.5, 0.6) is 5.75 Å². The van der Waals surface area contributed by atoms with Gasteiger partial charge < -0.3 is 14.1 Å². The molecule has 27 heavy (non-hydrogen) atoms. The van der Waals surface area contributed by atoms with Gasteiger partial charge in [0.1, 0.15) is 5.75 Å². The van der Waals surface area contributed by atoms with Gasteiger partial charge in [-0.3, -0.25) is 4.79 Å². The Bertz CT molecular complexity index is 942. The molecule has 3 heterocycles. The summed E-state index contributed by atoms with van der Waals surface area (Å²) in [5, 5.41) is 12.3. The molecule has 8 heteroatoms. The fourth-order valence-corrected chi connectivity index (χ4v) is 4.28. The highest BCUT2D eigenvalue weighted by molar-refractivity contribution is 9.10. The number of likely N-dealkylation sites (tertiary alicyclic amines) is 1. The highest BCUT2D eigenvalue weighted by atomic mass is 79.9. The molecule has 0 radical (unpaired) electrons. The van der Waals surface area contributed by atoms with E-state index in [1.807, 2.05) is 33.9 Å². The largest absolute Gasteiger partial charge is 0.497 e. The maximum Gasteiger partial charge on any atom is 0.255 e. The number of amides is 1. The first-order valence-electron chi connectivity index (χ1n) is 8.64. The topological polar surface area (TPSA) is 68.5 Å². The minimum atomic E-state index is -0.0250. The minimum Gasteiger partial charge on any atom is -0.497 e. The van der Waals surface area contributed by atoms with E-state index in [0.717, 1.165) is 22.9 Å². The summed E-state index contributed by atoms with van der Waals surface area (Å²) in [6, 6.07) is 7.37. The number of nitrogens with zero attached hydrogens (tertiary/aromatic N) is 3. The first-order valence-corrected chi connectivity index (χ1v) is 10.4. The number of carbonyl (C=O) groups excluding carboxylic acids is 1. The number of hydrogen-bond donors (Lipinski definition) is 0. The van der Waals surface area contributed by atoms with E-state index in [4.69, 9.17) is 9.15 Å². The Hall–Kier alpha value is -2.19. The van der Waals surface area contributed by atoms with Gasteiger partial charge in [-0.2, -0.15) is 11.3 Å². The van der Waals surface area contributed by atoms with E-state index in [2.05, 4.69) is 26.1 Å². The van der Waals surface area contributed by atoms with Gasteiger partial charge in [-0.1, -0.05) is 0 Å². The van der Waals surface area contributed by atoms with E-state index >= 15 is 0 Å². The van der Waals surface area contributed by atoms with Gasteiger partial charge in [0.15, 0.2) is 0 Å². The van der Waals surface area contributed by atoms with Crippen LogP contribution in [0.25, 0.3) is 11.5 Å². The number of piperidine rings is 1. The van der Waals surface area contributed by atoms with Crippen LogP contribution in [0.3, 0.4) is 0 Å². The van der Waals surface area contributed by atoms with Crippen LogP contribution in [0, 0.1) is 0 Å². The van der Waals surface area contributed by atoms with Crippen molar-refractivity contribution in [3.05, 3.63) is 51.0 Å². The lowest BCUT2D eigenvalue weighted by Crippen LogP contribution is -2.39. The molecule has 1 aliphatic heterocycles. The summed E-state index contributed by atoms with van der Waals surface area (Å²) in [6.45, 7) is 1.28. The van der Waals surface area contributed by atoms with E-state index in [-0.39, 0.29) is 11.8 Å². The second-order valence-corrected chi connectivity index (χ2v) is 8.03. The van der Waals surface area contributed by atoms with Crippen molar-refractivity contribution in [3.8, 4) is 17.2 Å². The van der Waals surface area contributed by atoms with Crippen molar-refractivity contribution in [2.24, 2.45) is 0 Å². The van der Waals surface area contributed by atoms with Crippen LogP contribution in [0.15, 0.2) is 43.9 Å². The minimum absolute atomic E-state index is 0.0250. The monoisotopic (exact) mass is 447 g/mol. The number of thiophene rings is 1. The number of carbonyl (C=O) groups is 1. The zero-order valence-electron chi connectivity index (χ0n) is 14.7. The first-order chi connectivity index (χ1) is 13.2. The van der Waals surface area contributed by atoms with E-state index in [0.29, 0.717) is 36.2 Å². The number of benzene rings is 1. The molecule has 1 fully saturated rings. The maximum atomic E-state index is 13.0. The van der Waals surface area contributed by atoms with Crippen molar-refractivity contribution in [1.29, 1.82) is 0 Å². The van der Waals surface area contributed by atoms with Crippen LogP contribution in [0.2, 0.25) is 0 Å². The lowest BCUT2D eigenvalue weighted by molar-refractivity contribution is 0.0697. The maximum absolute atomic E-state index is 13.0. The Labute approximate surface area is 169 Å². The molecule has 0 bridgehead atoms. The number of halogens is 1. The van der Waals surface area contributed by atoms with Gasteiger partial charge in [-0.15, -0.1) is 10.2 Å². The molecule has 3 aromatic rings. The van der Waals surface area contributed by atoms with E-state index in [9.17, 15) is 4.79 Å². The summed E-state index contributed by atoms with van der Waals surface area (Å²) < 4.78 is 11.9. The molecule has 0 unspecified atom stereocenters. The fraction of sp³-hybridized carbons (Fsp3) is 0.316. The molecule has 6 nitrogen and oxygen atoms in total. The number of hydrogen-bond acceptors (Lipinski definition) is 6. The summed E-state index contributed by atoms with van der Waals surface area (Å²) in [5.41, 5.74) is 1.53. The molecule has 2 aromatic heterocycles. The normalized spacial score (nSPS) is 17.1. The molecule has 140 valence electrons. The molecule has 0 aliphatic carbocycles. The Morgan fingerprint density at radius 2 is 2.26 bits per heavy atom. The SMILES string of the molecule is COc1ccc(Br)c(C(=O)N2CCC[C@@H](c3nnc(-c4ccsc4)o3)C2)c1. The van der Waals surface area contributed by atoms with E-state index < -0.39 is 0 Å². The van der Waals surface area contributed by atoms with Gasteiger partial charge in [0.25, 0.3) is 5.91 Å². The van der Waals surface area contributed by atoms with Gasteiger partial charge in [0, 0.05) is 28.5 Å². The summed E-state index contributed by atoms with van der Waals surface area (Å²) >= 11 is 5.06. The second kappa shape index (κ2) is 7.82. The lowest BCUT2D eigenvalue weighted by atomic mass is 9.97. The van der Waals surface area contributed by atoms with Gasteiger partial charge >= 0.3 is 0 Å². The summed E-state index contributed by atoms with van der Waals surface area (Å²) in [4.78, 5) is 14.9. The third-order valence-corrected chi connectivity index (χ3v) is 6.05. The van der Waals surface area contributed by atoms with E-state index in [1.165, 1.54) is 0 Å². The molecule has 1 atom stereocenters. The smallest absolute Gasteiger partial charge is 0.255 e. The molecular formula is C19H18BrN3O3S. The molecule has 1 saturated heterocycles. The molecular weight excluding hydrogens is 430 g/mol. The standard InChI is InChI=1S/C19H18BrN3O3S/c1-25-14-4-5-16(20)15(9-14)19(24)23-7-2-3-12(10-23)17-21-22-18(26-17)13-6-8-27-11-13/h4-6,8-9,11-12H,2-3,7,10H2,1H3/t12-/m1/s1. The molecule has 1 amide bonds. The molecule has 0 saturated carbocycles. The quantitative estimate of drug-likeness (QED) is 0.584. The third kappa shape index (κ3) is 3.77. The number of rotatable bonds is 4. The molecule has 0 N–H and O–H groups in total. The van der Waals surface area contributed by atoms with Crippen molar-refractivity contribution in [2.45, 2.75) is 18.8 Å². The summed E-state index contributed by atoms with van der Waals surface area (Å²) in [6.07, 6.45) is 1.82. The Morgan fingerprint density at radius 1 is 1.37 bits per heavy atom. The molecule has 4 rings (SSSR count). The predicted octanol–water partition coefficient (Wildman–Crippen LogP) is 4.59. The van der Waals surface area contributed by atoms with Crippen molar-refractivity contribution in [2.75, 3.05) is 20.2 Å². The fourth-order valence-electron chi connectivity index (χ4n) is 3.23. The average molecular weight is 448 g/mol. The Morgan fingerprint density at radius 3 is 3.04 bits per heavy atom. The van der Waals surface area contributed by atoms with Crippen molar-refractivity contribution in [1.82, 2.24) is 15.1 Å². The molecule has 0 spiro atoms. The van der Waals surface area contributed by atoms with Crippen LogP contribution in [-0.2, 0) is 0 Å². The van der Waals surface area contributed by atoms with Gasteiger partial charge in [-0.25, -0.2) is 0 Å². The average Bonchev–Trinajstić information content (AvgIpc) is 3.39. The highest BCUT2D eigenvalue weighted by Crippen LogP contribution is 2.31. The zero-order valence-corrected chi connectivity index (χ0v) is 17.1. The number of methoxy groups -OCH3 is 1.